The maximum Gasteiger partial charge on any atom is 0.358 e. The summed E-state index contributed by atoms with van der Waals surface area (Å²) in [6, 6.07) is 0. The molecule has 0 aromatic carbocycles. The summed E-state index contributed by atoms with van der Waals surface area (Å²) in [6.07, 6.45) is 3.60. The van der Waals surface area contributed by atoms with Gasteiger partial charge in [-0.2, -0.15) is 5.10 Å². The summed E-state index contributed by atoms with van der Waals surface area (Å²) in [6.45, 7) is 0. The van der Waals surface area contributed by atoms with Crippen LogP contribution in [0.25, 0.3) is 0 Å². The molecule has 0 atom stereocenters. The van der Waals surface area contributed by atoms with E-state index in [2.05, 4.69) is 9.84 Å². The highest BCUT2D eigenvalue weighted by Crippen LogP contribution is 2.43. The second-order valence-corrected chi connectivity index (χ2v) is 3.71. The highest BCUT2D eigenvalue weighted by molar-refractivity contribution is 5.89. The lowest BCUT2D eigenvalue weighted by atomic mass is 10.1. The minimum absolute atomic E-state index is 0.343. The summed E-state index contributed by atoms with van der Waals surface area (Å²) in [7, 11) is 3.11. The van der Waals surface area contributed by atoms with Gasteiger partial charge in [-0.15, -0.1) is 0 Å². The number of hydrogen-bond acceptors (Lipinski definition) is 4. The zero-order valence-corrected chi connectivity index (χ0v) is 8.28. The predicted molar refractivity (Wildman–Crippen MR) is 49.6 cm³/mol. The summed E-state index contributed by atoms with van der Waals surface area (Å²) in [4.78, 5) is 11.4. The maximum absolute atomic E-state index is 11.4. The van der Waals surface area contributed by atoms with Crippen molar-refractivity contribution in [3.8, 4) is 0 Å². The van der Waals surface area contributed by atoms with E-state index in [1.165, 1.54) is 7.11 Å². The predicted octanol–water partition coefficient (Wildman–Crippen LogP) is 0.154. The Hall–Kier alpha value is -1.36. The van der Waals surface area contributed by atoms with E-state index in [0.29, 0.717) is 5.69 Å². The van der Waals surface area contributed by atoms with Crippen molar-refractivity contribution in [3.63, 3.8) is 0 Å². The summed E-state index contributed by atoms with van der Waals surface area (Å²) < 4.78 is 6.23. The number of carbonyl (C=O) groups excluding carboxylic acids is 1. The maximum atomic E-state index is 11.4. The number of nitrogens with two attached hydrogens (primary N) is 1. The van der Waals surface area contributed by atoms with Crippen LogP contribution >= 0.6 is 0 Å². The van der Waals surface area contributed by atoms with Crippen LogP contribution in [-0.4, -0.2) is 22.9 Å². The van der Waals surface area contributed by atoms with Crippen molar-refractivity contribution >= 4 is 5.97 Å². The monoisotopic (exact) mass is 195 g/mol. The summed E-state index contributed by atoms with van der Waals surface area (Å²) in [5.41, 5.74) is 6.80. The molecular weight excluding hydrogens is 182 g/mol. The van der Waals surface area contributed by atoms with E-state index >= 15 is 0 Å². The highest BCUT2D eigenvalue weighted by Gasteiger charge is 2.44. The van der Waals surface area contributed by atoms with Gasteiger partial charge in [0, 0.05) is 24.3 Å². The molecule has 2 N–H and O–H groups in total. The molecule has 5 heteroatoms. The third-order valence-corrected chi connectivity index (χ3v) is 2.53. The molecule has 1 saturated carbocycles. The number of aryl methyl sites for hydroxylation is 1. The molecule has 1 heterocycles. The van der Waals surface area contributed by atoms with Crippen molar-refractivity contribution in [1.29, 1.82) is 0 Å². The van der Waals surface area contributed by atoms with Gasteiger partial charge in [-0.05, 0) is 12.8 Å². The molecule has 2 rings (SSSR count). The second-order valence-electron chi connectivity index (χ2n) is 3.71. The van der Waals surface area contributed by atoms with Crippen LogP contribution in [0.15, 0.2) is 6.20 Å². The van der Waals surface area contributed by atoms with E-state index in [1.54, 1.807) is 17.9 Å². The Morgan fingerprint density at radius 2 is 2.36 bits per heavy atom. The van der Waals surface area contributed by atoms with Gasteiger partial charge in [-0.25, -0.2) is 4.79 Å². The van der Waals surface area contributed by atoms with Gasteiger partial charge in [0.1, 0.15) is 0 Å². The lowest BCUT2D eigenvalue weighted by Gasteiger charge is -2.06. The minimum atomic E-state index is -0.419. The highest BCUT2D eigenvalue weighted by atomic mass is 16.5. The van der Waals surface area contributed by atoms with Gasteiger partial charge in [-0.1, -0.05) is 0 Å². The van der Waals surface area contributed by atoms with Gasteiger partial charge in [-0.3, -0.25) is 4.68 Å². The van der Waals surface area contributed by atoms with Crippen molar-refractivity contribution in [1.82, 2.24) is 9.78 Å². The van der Waals surface area contributed by atoms with Gasteiger partial charge >= 0.3 is 5.97 Å². The number of rotatable bonds is 2. The smallest absolute Gasteiger partial charge is 0.358 e. The number of esters is 1. The number of hydrogen-bond donors (Lipinski definition) is 1. The summed E-state index contributed by atoms with van der Waals surface area (Å²) >= 11 is 0. The Bertz CT molecular complexity index is 379. The van der Waals surface area contributed by atoms with Crippen LogP contribution in [0.1, 0.15) is 28.9 Å². The first-order valence-corrected chi connectivity index (χ1v) is 4.48. The SMILES string of the molecule is COC(=O)c1nn(C)cc1C1(N)CC1. The quantitative estimate of drug-likeness (QED) is 0.682. The first-order valence-electron chi connectivity index (χ1n) is 4.48. The molecule has 1 aliphatic carbocycles. The largest absolute Gasteiger partial charge is 0.464 e. The molecule has 5 nitrogen and oxygen atoms in total. The molecule has 1 aromatic rings. The Morgan fingerprint density at radius 1 is 1.71 bits per heavy atom. The van der Waals surface area contributed by atoms with Crippen molar-refractivity contribution in [2.45, 2.75) is 18.4 Å². The molecule has 76 valence electrons. The van der Waals surface area contributed by atoms with Crippen molar-refractivity contribution in [2.24, 2.45) is 12.8 Å². The van der Waals surface area contributed by atoms with Crippen molar-refractivity contribution < 1.29 is 9.53 Å². The lowest BCUT2D eigenvalue weighted by Crippen LogP contribution is -2.21. The number of ether oxygens (including phenoxy) is 1. The van der Waals surface area contributed by atoms with Crippen molar-refractivity contribution in [2.75, 3.05) is 7.11 Å². The molecule has 1 aromatic heterocycles. The first kappa shape index (κ1) is 9.21. The van der Waals surface area contributed by atoms with Crippen LogP contribution < -0.4 is 5.73 Å². The van der Waals surface area contributed by atoms with E-state index in [1.807, 2.05) is 0 Å². The molecule has 0 saturated heterocycles. The summed E-state index contributed by atoms with van der Waals surface area (Å²) in [5.74, 6) is -0.419. The standard InChI is InChI=1S/C9H13N3O2/c1-12-5-6(9(10)3-4-9)7(11-12)8(13)14-2/h5H,3-4,10H2,1-2H3. The second kappa shape index (κ2) is 2.81. The molecule has 14 heavy (non-hydrogen) atoms. The molecule has 0 aliphatic heterocycles. The van der Waals surface area contributed by atoms with Crippen LogP contribution in [-0.2, 0) is 17.3 Å². The molecule has 0 unspecified atom stereocenters. The van der Waals surface area contributed by atoms with E-state index in [9.17, 15) is 4.79 Å². The van der Waals surface area contributed by atoms with E-state index in [0.717, 1.165) is 18.4 Å². The van der Waals surface area contributed by atoms with Crippen LogP contribution in [0.5, 0.6) is 0 Å². The molecule has 0 amide bonds. The molecule has 1 aliphatic rings. The first-order chi connectivity index (χ1) is 6.57. The van der Waals surface area contributed by atoms with Crippen LogP contribution in [0.3, 0.4) is 0 Å². The Morgan fingerprint density at radius 3 is 2.86 bits per heavy atom. The van der Waals surface area contributed by atoms with Gasteiger partial charge in [0.15, 0.2) is 5.69 Å². The molecule has 0 bridgehead atoms. The Kier molecular flexibility index (Phi) is 1.85. The Labute approximate surface area is 81.8 Å². The van der Waals surface area contributed by atoms with Gasteiger partial charge in [0.25, 0.3) is 0 Å². The number of carbonyl (C=O) groups is 1. The van der Waals surface area contributed by atoms with E-state index in [-0.39, 0.29) is 5.54 Å². The van der Waals surface area contributed by atoms with Gasteiger partial charge in [0.05, 0.1) is 7.11 Å². The lowest BCUT2D eigenvalue weighted by molar-refractivity contribution is 0.0591. The third kappa shape index (κ3) is 1.29. The van der Waals surface area contributed by atoms with Crippen molar-refractivity contribution in [3.05, 3.63) is 17.5 Å². The number of methoxy groups -OCH3 is 1. The average molecular weight is 195 g/mol. The molecule has 0 radical (unpaired) electrons. The Balaban J connectivity index is 2.43. The summed E-state index contributed by atoms with van der Waals surface area (Å²) in [5, 5.41) is 4.05. The van der Waals surface area contributed by atoms with Crippen LogP contribution in [0.4, 0.5) is 0 Å². The van der Waals surface area contributed by atoms with Crippen LogP contribution in [0.2, 0.25) is 0 Å². The minimum Gasteiger partial charge on any atom is -0.464 e. The normalized spacial score (nSPS) is 17.9. The van der Waals surface area contributed by atoms with E-state index < -0.39 is 5.97 Å². The van der Waals surface area contributed by atoms with E-state index in [4.69, 9.17) is 5.73 Å². The van der Waals surface area contributed by atoms with Crippen LogP contribution in [0, 0.1) is 0 Å². The fourth-order valence-corrected chi connectivity index (χ4v) is 1.50. The van der Waals surface area contributed by atoms with Gasteiger partial charge < -0.3 is 10.5 Å². The topological polar surface area (TPSA) is 70.1 Å². The zero-order chi connectivity index (χ0) is 10.3. The molecular formula is C9H13N3O2. The zero-order valence-electron chi connectivity index (χ0n) is 8.28. The van der Waals surface area contributed by atoms with Gasteiger partial charge in [0.2, 0.25) is 0 Å². The molecule has 1 fully saturated rings. The average Bonchev–Trinajstić information content (AvgIpc) is 2.77. The fraction of sp³-hybridized carbons (Fsp3) is 0.556. The number of nitrogens with zero attached hydrogens (tertiary/aromatic N) is 2. The number of aromatic nitrogens is 2. The third-order valence-electron chi connectivity index (χ3n) is 2.53. The fourth-order valence-electron chi connectivity index (χ4n) is 1.50. The molecule has 0 spiro atoms.